The van der Waals surface area contributed by atoms with Crippen LogP contribution < -0.4 is 16.7 Å². The highest BCUT2D eigenvalue weighted by molar-refractivity contribution is 6.38. The van der Waals surface area contributed by atoms with E-state index in [0.29, 0.717) is 23.9 Å². The number of carbonyl (C=O) groups is 1. The number of halogens is 2. The van der Waals surface area contributed by atoms with Gasteiger partial charge in [-0.3, -0.25) is 9.36 Å². The van der Waals surface area contributed by atoms with Gasteiger partial charge in [-0.25, -0.2) is 19.4 Å². The third-order valence-electron chi connectivity index (χ3n) is 4.19. The second kappa shape index (κ2) is 6.56. The predicted octanol–water partition coefficient (Wildman–Crippen LogP) is 2.68. The van der Waals surface area contributed by atoms with E-state index < -0.39 is 23.2 Å². The van der Waals surface area contributed by atoms with Gasteiger partial charge in [0.2, 0.25) is 0 Å². The van der Waals surface area contributed by atoms with Crippen LogP contribution in [0.25, 0.3) is 10.9 Å². The Labute approximate surface area is 151 Å². The van der Waals surface area contributed by atoms with Crippen molar-refractivity contribution >= 4 is 34.3 Å². The molecule has 0 spiro atoms. The lowest BCUT2D eigenvalue weighted by Gasteiger charge is -2.17. The number of aromatic nitrogens is 2. The molecule has 1 amide bonds. The summed E-state index contributed by atoms with van der Waals surface area (Å²) in [6.45, 7) is 1.83. The second-order valence-corrected chi connectivity index (χ2v) is 6.49. The maximum atomic E-state index is 14.6. The van der Waals surface area contributed by atoms with Crippen LogP contribution in [-0.4, -0.2) is 26.2 Å². The second-order valence-electron chi connectivity index (χ2n) is 6.11. The monoisotopic (exact) mass is 382 g/mol. The van der Waals surface area contributed by atoms with Gasteiger partial charge in [-0.05, 0) is 25.3 Å². The van der Waals surface area contributed by atoms with Gasteiger partial charge >= 0.3 is 11.8 Å². The van der Waals surface area contributed by atoms with Gasteiger partial charge in [0, 0.05) is 11.8 Å². The van der Waals surface area contributed by atoms with Crippen molar-refractivity contribution in [1.29, 1.82) is 5.41 Å². The van der Waals surface area contributed by atoms with E-state index in [0.717, 1.165) is 6.07 Å². The average Bonchev–Trinajstić information content (AvgIpc) is 3.37. The van der Waals surface area contributed by atoms with Crippen molar-refractivity contribution in [2.75, 3.05) is 5.43 Å². The van der Waals surface area contributed by atoms with Crippen molar-refractivity contribution in [3.63, 3.8) is 0 Å². The normalized spacial score (nSPS) is 13.8. The Bertz CT molecular complexity index is 1060. The fraction of sp³-hybridized carbons (Fsp3) is 0.375. The molecule has 26 heavy (non-hydrogen) atoms. The first-order valence-corrected chi connectivity index (χ1v) is 8.42. The van der Waals surface area contributed by atoms with Crippen molar-refractivity contribution in [1.82, 2.24) is 9.24 Å². The van der Waals surface area contributed by atoms with Crippen LogP contribution in [0.5, 0.6) is 0 Å². The van der Waals surface area contributed by atoms with Crippen LogP contribution in [-0.2, 0) is 0 Å². The molecule has 10 heteroatoms. The molecule has 1 aliphatic rings. The maximum Gasteiger partial charge on any atom is 0.424 e. The Morgan fingerprint density at radius 3 is 2.65 bits per heavy atom. The lowest BCUT2D eigenvalue weighted by Crippen LogP contribution is -2.46. The van der Waals surface area contributed by atoms with E-state index >= 15 is 0 Å². The van der Waals surface area contributed by atoms with E-state index in [1.165, 1.54) is 4.57 Å². The highest BCUT2D eigenvalue weighted by atomic mass is 35.5. The van der Waals surface area contributed by atoms with Crippen LogP contribution in [0.1, 0.15) is 44.2 Å². The summed E-state index contributed by atoms with van der Waals surface area (Å²) >= 11 is 6.33. The summed E-state index contributed by atoms with van der Waals surface area (Å²) in [5.74, 6) is -0.860. The molecule has 0 atom stereocenters. The van der Waals surface area contributed by atoms with Crippen LogP contribution in [0.15, 0.2) is 15.7 Å². The number of hydrogen-bond donors (Lipinski definition) is 3. The molecule has 0 unspecified atom stereocenters. The Morgan fingerprint density at radius 2 is 2.12 bits per heavy atom. The van der Waals surface area contributed by atoms with Gasteiger partial charge in [0.1, 0.15) is 5.82 Å². The van der Waals surface area contributed by atoms with Gasteiger partial charge in [0.05, 0.1) is 21.5 Å². The summed E-state index contributed by atoms with van der Waals surface area (Å²) in [7, 11) is 0. The van der Waals surface area contributed by atoms with Crippen LogP contribution in [0.2, 0.25) is 5.02 Å². The summed E-state index contributed by atoms with van der Waals surface area (Å²) < 4.78 is 16.1. The maximum absolute atomic E-state index is 14.6. The third kappa shape index (κ3) is 2.88. The Kier molecular flexibility index (Phi) is 4.57. The van der Waals surface area contributed by atoms with Gasteiger partial charge in [0.25, 0.3) is 5.56 Å². The van der Waals surface area contributed by atoms with Gasteiger partial charge in [-0.15, -0.1) is 0 Å². The summed E-state index contributed by atoms with van der Waals surface area (Å²) in [6, 6.07) is 0.644. The molecule has 138 valence electrons. The van der Waals surface area contributed by atoms with Crippen molar-refractivity contribution in [2.24, 2.45) is 0 Å². The highest BCUT2D eigenvalue weighted by Crippen LogP contribution is 2.38. The Morgan fingerprint density at radius 1 is 1.46 bits per heavy atom. The largest absolute Gasteiger partial charge is 0.464 e. The zero-order valence-electron chi connectivity index (χ0n) is 13.8. The Hall–Kier alpha value is -2.68. The zero-order chi connectivity index (χ0) is 19.2. The molecule has 3 N–H and O–H groups in total. The molecule has 1 aliphatic carbocycles. The number of nitrogens with zero attached hydrogens (tertiary/aromatic N) is 2. The number of amides is 1. The molecule has 0 saturated heterocycles. The van der Waals surface area contributed by atoms with E-state index in [-0.39, 0.29) is 39.7 Å². The summed E-state index contributed by atoms with van der Waals surface area (Å²) in [4.78, 5) is 36.1. The zero-order valence-corrected chi connectivity index (χ0v) is 14.6. The summed E-state index contributed by atoms with van der Waals surface area (Å²) in [5.41, 5.74) is -0.313. The number of rotatable bonds is 5. The lowest BCUT2D eigenvalue weighted by molar-refractivity contribution is 0.205. The van der Waals surface area contributed by atoms with Gasteiger partial charge < -0.3 is 10.5 Å². The summed E-state index contributed by atoms with van der Waals surface area (Å²) in [6.07, 6.45) is 0.587. The average molecular weight is 383 g/mol. The van der Waals surface area contributed by atoms with Crippen molar-refractivity contribution < 1.29 is 14.3 Å². The number of fused-ring (bicyclic) bond motifs is 1. The van der Waals surface area contributed by atoms with E-state index in [4.69, 9.17) is 22.1 Å². The Balaban J connectivity index is 2.44. The highest BCUT2D eigenvalue weighted by Gasteiger charge is 2.31. The van der Waals surface area contributed by atoms with E-state index in [1.54, 1.807) is 5.43 Å². The molecule has 2 aromatic rings. The van der Waals surface area contributed by atoms with Gasteiger partial charge in [0.15, 0.2) is 0 Å². The lowest BCUT2D eigenvalue weighted by atomic mass is 10.0. The molecule has 1 aromatic heterocycles. The minimum absolute atomic E-state index is 0.0282. The first-order valence-electron chi connectivity index (χ1n) is 8.04. The minimum Gasteiger partial charge on any atom is -0.464 e. The van der Waals surface area contributed by atoms with Crippen LogP contribution in [0.3, 0.4) is 0 Å². The quantitative estimate of drug-likeness (QED) is 0.689. The fourth-order valence-corrected chi connectivity index (χ4v) is 3.33. The molecule has 1 saturated carbocycles. The van der Waals surface area contributed by atoms with Crippen molar-refractivity contribution in [3.8, 4) is 0 Å². The van der Waals surface area contributed by atoms with E-state index in [2.05, 4.69) is 0 Å². The molecule has 0 aliphatic heterocycles. The number of hydrogen-bond acceptors (Lipinski definition) is 4. The van der Waals surface area contributed by atoms with Gasteiger partial charge in [-0.2, -0.15) is 4.68 Å². The molecular formula is C16H16ClFN4O4. The number of benzene rings is 1. The number of nitrogens with one attached hydrogen (secondary N) is 2. The molecular weight excluding hydrogens is 367 g/mol. The fourth-order valence-electron chi connectivity index (χ4n) is 2.94. The molecule has 0 radical (unpaired) electrons. The van der Waals surface area contributed by atoms with E-state index in [9.17, 15) is 18.8 Å². The molecule has 3 rings (SSSR count). The molecule has 1 aromatic carbocycles. The molecule has 0 bridgehead atoms. The molecule has 1 heterocycles. The summed E-state index contributed by atoms with van der Waals surface area (Å²) in [5, 5.41) is 16.5. The minimum atomic E-state index is -1.60. The molecule has 1 fully saturated rings. The third-order valence-corrected chi connectivity index (χ3v) is 4.55. The van der Waals surface area contributed by atoms with Crippen molar-refractivity contribution in [3.05, 3.63) is 43.3 Å². The van der Waals surface area contributed by atoms with Gasteiger partial charge in [-0.1, -0.05) is 24.9 Å². The van der Waals surface area contributed by atoms with Crippen LogP contribution in [0, 0.1) is 11.2 Å². The smallest absolute Gasteiger partial charge is 0.424 e. The standard InChI is InChI=1S/C16H16ClFN4O4/c1-2-3-10(19)11-9(18)6-8-13(12(11)17)21(7-4-5-7)16(26)22(14(8)23)20-15(24)25/h6-7,19-20H,2-5H2,1H3,(H,24,25). The first kappa shape index (κ1) is 18.1. The van der Waals surface area contributed by atoms with Crippen LogP contribution in [0.4, 0.5) is 9.18 Å². The van der Waals surface area contributed by atoms with Crippen LogP contribution >= 0.6 is 11.6 Å². The predicted molar refractivity (Wildman–Crippen MR) is 94.8 cm³/mol. The first-order chi connectivity index (χ1) is 12.3. The topological polar surface area (TPSA) is 117 Å². The van der Waals surface area contributed by atoms with Crippen molar-refractivity contribution in [2.45, 2.75) is 38.6 Å². The number of carboxylic acid groups (broad SMARTS) is 1. The molecule has 8 nitrogen and oxygen atoms in total. The van der Waals surface area contributed by atoms with E-state index in [1.807, 2.05) is 6.92 Å². The SMILES string of the molecule is CCCC(=N)c1c(F)cc2c(=O)n(NC(=O)O)c(=O)n(C3CC3)c2c1Cl.